The summed E-state index contributed by atoms with van der Waals surface area (Å²) in [6, 6.07) is 3.06. The van der Waals surface area contributed by atoms with Crippen LogP contribution in [0, 0.1) is 6.92 Å². The van der Waals surface area contributed by atoms with Gasteiger partial charge in [0.2, 0.25) is 0 Å². The Hall–Kier alpha value is -3.21. The Bertz CT molecular complexity index is 903. The molecule has 162 valence electrons. The Morgan fingerprint density at radius 2 is 1.97 bits per heavy atom. The van der Waals surface area contributed by atoms with E-state index in [1.54, 1.807) is 19.9 Å². The summed E-state index contributed by atoms with van der Waals surface area (Å²) in [6.07, 6.45) is -2.52. The van der Waals surface area contributed by atoms with Crippen LogP contribution in [0.15, 0.2) is 30.6 Å². The average molecular weight is 425 g/mol. The fourth-order valence-electron chi connectivity index (χ4n) is 2.59. The molecular formula is C19H22F3N5O3. The third-order valence-electron chi connectivity index (χ3n) is 4.26. The lowest BCUT2D eigenvalue weighted by atomic mass is 10.2. The van der Waals surface area contributed by atoms with Crippen molar-refractivity contribution in [3.8, 4) is 0 Å². The zero-order chi connectivity index (χ0) is 22.5. The number of alkyl halides is 3. The zero-order valence-electron chi connectivity index (χ0n) is 16.7. The van der Waals surface area contributed by atoms with Crippen LogP contribution in [0.5, 0.6) is 0 Å². The quantitative estimate of drug-likeness (QED) is 0.688. The van der Waals surface area contributed by atoms with E-state index >= 15 is 0 Å². The standard InChI is InChI=1S/C19H22F3N5O3/c1-11-6-15(8-25-16(11)23)26-17(28)18(29)27(12(2)10-30-3)9-14-5-4-13(7-24-14)19(20,21)22/h4-8,12H,9-10H2,1-3H3,(H2,23,25)(H,26,28)/t12-/m1/s1. The van der Waals surface area contributed by atoms with Crippen LogP contribution >= 0.6 is 0 Å². The van der Waals surface area contributed by atoms with E-state index in [2.05, 4.69) is 15.3 Å². The van der Waals surface area contributed by atoms with Crippen LogP contribution in [0.25, 0.3) is 0 Å². The summed E-state index contributed by atoms with van der Waals surface area (Å²) >= 11 is 0. The summed E-state index contributed by atoms with van der Waals surface area (Å²) in [5.74, 6) is -1.53. The van der Waals surface area contributed by atoms with Crippen LogP contribution in [-0.2, 0) is 27.0 Å². The van der Waals surface area contributed by atoms with E-state index in [4.69, 9.17) is 10.5 Å². The van der Waals surface area contributed by atoms with Gasteiger partial charge in [0.05, 0.1) is 42.3 Å². The molecule has 2 aromatic rings. The largest absolute Gasteiger partial charge is 0.417 e. The summed E-state index contributed by atoms with van der Waals surface area (Å²) in [6.45, 7) is 3.28. The van der Waals surface area contributed by atoms with Gasteiger partial charge >= 0.3 is 18.0 Å². The molecule has 3 N–H and O–H groups in total. The third kappa shape index (κ3) is 5.89. The van der Waals surface area contributed by atoms with E-state index in [-0.39, 0.29) is 24.5 Å². The molecule has 0 radical (unpaired) electrons. The first kappa shape index (κ1) is 23.1. The van der Waals surface area contributed by atoms with E-state index in [1.807, 2.05) is 0 Å². The lowest BCUT2D eigenvalue weighted by Gasteiger charge is -2.28. The van der Waals surface area contributed by atoms with Crippen LogP contribution in [0.3, 0.4) is 0 Å². The SMILES string of the molecule is COC[C@@H](C)N(Cc1ccc(C(F)(F)F)cn1)C(=O)C(=O)Nc1cnc(N)c(C)c1. The molecule has 0 bridgehead atoms. The molecule has 0 aliphatic heterocycles. The van der Waals surface area contributed by atoms with Gasteiger partial charge in [-0.05, 0) is 37.6 Å². The topological polar surface area (TPSA) is 110 Å². The van der Waals surface area contributed by atoms with Crippen LogP contribution in [-0.4, -0.2) is 46.4 Å². The molecule has 2 aromatic heterocycles. The summed E-state index contributed by atoms with van der Waals surface area (Å²) in [5.41, 5.74) is 5.83. The van der Waals surface area contributed by atoms with Crippen molar-refractivity contribution in [2.75, 3.05) is 24.8 Å². The number of nitrogen functional groups attached to an aromatic ring is 1. The fourth-order valence-corrected chi connectivity index (χ4v) is 2.59. The van der Waals surface area contributed by atoms with Gasteiger partial charge in [0.1, 0.15) is 5.82 Å². The first-order chi connectivity index (χ1) is 14.0. The summed E-state index contributed by atoms with van der Waals surface area (Å²) in [5, 5.41) is 2.44. The van der Waals surface area contributed by atoms with Gasteiger partial charge in [-0.2, -0.15) is 13.2 Å². The monoisotopic (exact) mass is 425 g/mol. The minimum absolute atomic E-state index is 0.113. The maximum absolute atomic E-state index is 12.8. The number of anilines is 2. The summed E-state index contributed by atoms with van der Waals surface area (Å²) in [7, 11) is 1.43. The molecule has 2 amide bonds. The van der Waals surface area contributed by atoms with Gasteiger partial charge in [-0.25, -0.2) is 4.98 Å². The minimum atomic E-state index is -4.52. The van der Waals surface area contributed by atoms with Gasteiger partial charge in [-0.15, -0.1) is 0 Å². The number of nitrogens with one attached hydrogen (secondary N) is 1. The number of carbonyl (C=O) groups is 2. The van der Waals surface area contributed by atoms with Crippen molar-refractivity contribution in [2.45, 2.75) is 32.6 Å². The van der Waals surface area contributed by atoms with E-state index in [9.17, 15) is 22.8 Å². The predicted octanol–water partition coefficient (Wildman–Crippen LogP) is 2.39. The first-order valence-electron chi connectivity index (χ1n) is 8.88. The molecule has 2 rings (SSSR count). The van der Waals surface area contributed by atoms with Crippen LogP contribution < -0.4 is 11.1 Å². The van der Waals surface area contributed by atoms with Gasteiger partial charge in [-0.3, -0.25) is 14.6 Å². The van der Waals surface area contributed by atoms with Crippen LogP contribution in [0.4, 0.5) is 24.7 Å². The molecule has 11 heteroatoms. The Labute approximate surface area is 171 Å². The molecule has 0 saturated carbocycles. The third-order valence-corrected chi connectivity index (χ3v) is 4.26. The fraction of sp³-hybridized carbons (Fsp3) is 0.368. The molecule has 30 heavy (non-hydrogen) atoms. The summed E-state index contributed by atoms with van der Waals surface area (Å²) in [4.78, 5) is 34.1. The number of pyridine rings is 2. The maximum Gasteiger partial charge on any atom is 0.417 e. The number of rotatable bonds is 6. The highest BCUT2D eigenvalue weighted by Crippen LogP contribution is 2.28. The van der Waals surface area contributed by atoms with E-state index in [0.29, 0.717) is 17.6 Å². The summed E-state index contributed by atoms with van der Waals surface area (Å²) < 4.78 is 43.2. The Morgan fingerprint density at radius 3 is 2.50 bits per heavy atom. The molecule has 0 fully saturated rings. The van der Waals surface area contributed by atoms with Gasteiger partial charge in [-0.1, -0.05) is 0 Å². The van der Waals surface area contributed by atoms with Gasteiger partial charge in [0, 0.05) is 13.3 Å². The molecule has 0 aliphatic rings. The second kappa shape index (κ2) is 9.53. The number of methoxy groups -OCH3 is 1. The number of halogens is 3. The van der Waals surface area contributed by atoms with Gasteiger partial charge < -0.3 is 20.7 Å². The normalized spacial score (nSPS) is 12.3. The number of amides is 2. The van der Waals surface area contributed by atoms with Gasteiger partial charge in [0.25, 0.3) is 0 Å². The Kier molecular flexibility index (Phi) is 7.33. The van der Waals surface area contributed by atoms with Crippen LogP contribution in [0.2, 0.25) is 0 Å². The first-order valence-corrected chi connectivity index (χ1v) is 8.88. The molecule has 8 nitrogen and oxygen atoms in total. The Balaban J connectivity index is 2.19. The molecule has 0 spiro atoms. The molecule has 0 unspecified atom stereocenters. The molecule has 2 heterocycles. The van der Waals surface area contributed by atoms with Crippen molar-refractivity contribution in [1.29, 1.82) is 0 Å². The molecule has 0 aromatic carbocycles. The number of hydrogen-bond acceptors (Lipinski definition) is 6. The molecule has 1 atom stereocenters. The van der Waals surface area contributed by atoms with Crippen LogP contribution in [0.1, 0.15) is 23.7 Å². The zero-order valence-corrected chi connectivity index (χ0v) is 16.7. The highest BCUT2D eigenvalue weighted by molar-refractivity contribution is 6.39. The number of nitrogens with zero attached hydrogens (tertiary/aromatic N) is 3. The van der Waals surface area contributed by atoms with Crippen molar-refractivity contribution < 1.29 is 27.5 Å². The van der Waals surface area contributed by atoms with E-state index in [1.165, 1.54) is 18.2 Å². The highest BCUT2D eigenvalue weighted by atomic mass is 19.4. The minimum Gasteiger partial charge on any atom is -0.383 e. The van der Waals surface area contributed by atoms with E-state index < -0.39 is 29.6 Å². The van der Waals surface area contributed by atoms with Crippen molar-refractivity contribution >= 4 is 23.3 Å². The second-order valence-corrected chi connectivity index (χ2v) is 6.65. The van der Waals surface area contributed by atoms with Gasteiger partial charge in [0.15, 0.2) is 0 Å². The highest BCUT2D eigenvalue weighted by Gasteiger charge is 2.31. The van der Waals surface area contributed by atoms with Crippen molar-refractivity contribution in [3.63, 3.8) is 0 Å². The molecule has 0 saturated heterocycles. The maximum atomic E-state index is 12.8. The van der Waals surface area contributed by atoms with E-state index in [0.717, 1.165) is 12.1 Å². The second-order valence-electron chi connectivity index (χ2n) is 6.65. The Morgan fingerprint density at radius 1 is 1.27 bits per heavy atom. The van der Waals surface area contributed by atoms with Crippen molar-refractivity contribution in [2.24, 2.45) is 0 Å². The number of hydrogen-bond donors (Lipinski definition) is 2. The average Bonchev–Trinajstić information content (AvgIpc) is 2.68. The number of ether oxygens (including phenoxy) is 1. The molecule has 0 aliphatic carbocycles. The lowest BCUT2D eigenvalue weighted by Crippen LogP contribution is -2.46. The number of carbonyl (C=O) groups excluding carboxylic acids is 2. The van der Waals surface area contributed by atoms with Crippen molar-refractivity contribution in [3.05, 3.63) is 47.4 Å². The lowest BCUT2D eigenvalue weighted by molar-refractivity contribution is -0.145. The smallest absolute Gasteiger partial charge is 0.383 e. The number of aromatic nitrogens is 2. The predicted molar refractivity (Wildman–Crippen MR) is 103 cm³/mol. The number of nitrogens with two attached hydrogens (primary N) is 1. The van der Waals surface area contributed by atoms with Crippen molar-refractivity contribution in [1.82, 2.24) is 14.9 Å². The molecular weight excluding hydrogens is 403 g/mol. The number of aryl methyl sites for hydroxylation is 1.